The smallest absolute Gasteiger partial charge is 0.326 e. The van der Waals surface area contributed by atoms with Crippen LogP contribution in [0.2, 0.25) is 0 Å². The van der Waals surface area contributed by atoms with E-state index in [0.29, 0.717) is 24.1 Å². The van der Waals surface area contributed by atoms with Crippen molar-refractivity contribution in [2.24, 2.45) is 5.92 Å². The molecule has 2 amide bonds. The second kappa shape index (κ2) is 6.76. The van der Waals surface area contributed by atoms with Crippen molar-refractivity contribution in [2.75, 3.05) is 5.32 Å². The Morgan fingerprint density at radius 2 is 2.09 bits per heavy atom. The van der Waals surface area contributed by atoms with E-state index in [1.54, 1.807) is 6.92 Å². The van der Waals surface area contributed by atoms with Crippen LogP contribution in [0.4, 0.5) is 10.1 Å². The van der Waals surface area contributed by atoms with Crippen LogP contribution in [0.25, 0.3) is 0 Å². The monoisotopic (exact) mass is 322 g/mol. The first kappa shape index (κ1) is 16.9. The summed E-state index contributed by atoms with van der Waals surface area (Å²) in [4.78, 5) is 34.8. The Labute approximate surface area is 133 Å². The van der Waals surface area contributed by atoms with Gasteiger partial charge in [0.15, 0.2) is 0 Å². The minimum Gasteiger partial charge on any atom is -0.480 e. The molecule has 2 atom stereocenters. The van der Waals surface area contributed by atoms with Crippen LogP contribution in [-0.2, 0) is 16.0 Å². The molecule has 2 unspecified atom stereocenters. The van der Waals surface area contributed by atoms with Crippen LogP contribution < -0.4 is 10.6 Å². The molecule has 0 aromatic heterocycles. The van der Waals surface area contributed by atoms with Crippen molar-refractivity contribution in [2.45, 2.75) is 39.2 Å². The molecular formula is C16H19FN2O4. The van der Waals surface area contributed by atoms with E-state index in [2.05, 4.69) is 10.6 Å². The number of carboxylic acids is 1. The van der Waals surface area contributed by atoms with Crippen LogP contribution in [0, 0.1) is 11.7 Å². The van der Waals surface area contributed by atoms with Gasteiger partial charge in [0.05, 0.1) is 5.56 Å². The zero-order chi connectivity index (χ0) is 17.1. The number of carbonyl (C=O) groups excluding carboxylic acids is 2. The lowest BCUT2D eigenvalue weighted by Gasteiger charge is -2.21. The van der Waals surface area contributed by atoms with Crippen LogP contribution in [0.1, 0.15) is 42.6 Å². The summed E-state index contributed by atoms with van der Waals surface area (Å²) in [6.45, 7) is 3.52. The van der Waals surface area contributed by atoms with Crippen molar-refractivity contribution in [1.82, 2.24) is 5.32 Å². The molecule has 1 heterocycles. The number of aliphatic carboxylic acids is 1. The largest absolute Gasteiger partial charge is 0.480 e. The van der Waals surface area contributed by atoms with Gasteiger partial charge < -0.3 is 15.7 Å². The summed E-state index contributed by atoms with van der Waals surface area (Å²) in [5, 5.41) is 14.1. The number of anilines is 1. The van der Waals surface area contributed by atoms with Gasteiger partial charge >= 0.3 is 5.97 Å². The van der Waals surface area contributed by atoms with E-state index in [1.807, 2.05) is 6.92 Å². The predicted octanol–water partition coefficient (Wildman–Crippen LogP) is 1.94. The molecule has 6 nitrogen and oxygen atoms in total. The molecule has 23 heavy (non-hydrogen) atoms. The van der Waals surface area contributed by atoms with E-state index >= 15 is 0 Å². The molecule has 124 valence electrons. The molecule has 0 spiro atoms. The average Bonchev–Trinajstić information content (AvgIpc) is 2.50. The molecule has 0 fully saturated rings. The van der Waals surface area contributed by atoms with Gasteiger partial charge in [0.1, 0.15) is 11.9 Å². The third-order valence-electron chi connectivity index (χ3n) is 4.10. The summed E-state index contributed by atoms with van der Waals surface area (Å²) in [5.41, 5.74) is 0.799. The molecule has 1 aromatic rings. The minimum absolute atomic E-state index is 0.197. The standard InChI is InChI=1S/C16H19FN2O4/c1-3-8(2)14(16(22)23)19-15(21)10-6-9-4-5-13(20)18-12(9)7-11(10)17/h6-8,14H,3-5H2,1-2H3,(H,18,20)(H,19,21)(H,22,23). The van der Waals surface area contributed by atoms with Crippen LogP contribution in [0.15, 0.2) is 12.1 Å². The third kappa shape index (κ3) is 3.67. The number of carbonyl (C=O) groups is 3. The number of carboxylic acid groups (broad SMARTS) is 1. The van der Waals surface area contributed by atoms with Gasteiger partial charge in [0.2, 0.25) is 5.91 Å². The van der Waals surface area contributed by atoms with E-state index in [0.717, 1.165) is 6.07 Å². The van der Waals surface area contributed by atoms with Gasteiger partial charge in [-0.3, -0.25) is 9.59 Å². The molecule has 1 aliphatic rings. The maximum Gasteiger partial charge on any atom is 0.326 e. The van der Waals surface area contributed by atoms with E-state index in [1.165, 1.54) is 6.07 Å². The van der Waals surface area contributed by atoms with E-state index < -0.39 is 23.7 Å². The fourth-order valence-corrected chi connectivity index (χ4v) is 2.48. The Bertz CT molecular complexity index is 660. The van der Waals surface area contributed by atoms with Gasteiger partial charge in [-0.15, -0.1) is 0 Å². The van der Waals surface area contributed by atoms with Crippen LogP contribution in [0.5, 0.6) is 0 Å². The lowest BCUT2D eigenvalue weighted by atomic mass is 9.97. The molecule has 1 aliphatic heterocycles. The third-order valence-corrected chi connectivity index (χ3v) is 4.10. The second-order valence-electron chi connectivity index (χ2n) is 5.71. The SMILES string of the molecule is CCC(C)C(NC(=O)c1cc2c(cc1F)NC(=O)CC2)C(=O)O. The number of rotatable bonds is 5. The minimum atomic E-state index is -1.15. The number of aryl methyl sites for hydroxylation is 1. The molecule has 3 N–H and O–H groups in total. The summed E-state index contributed by atoms with van der Waals surface area (Å²) in [6, 6.07) is 1.39. The Morgan fingerprint density at radius 1 is 1.39 bits per heavy atom. The van der Waals surface area contributed by atoms with Gasteiger partial charge in [0, 0.05) is 12.1 Å². The lowest BCUT2D eigenvalue weighted by molar-refractivity contribution is -0.140. The van der Waals surface area contributed by atoms with Gasteiger partial charge in [0.25, 0.3) is 5.91 Å². The number of fused-ring (bicyclic) bond motifs is 1. The van der Waals surface area contributed by atoms with Crippen molar-refractivity contribution in [1.29, 1.82) is 0 Å². The zero-order valence-electron chi connectivity index (χ0n) is 13.0. The average molecular weight is 322 g/mol. The maximum absolute atomic E-state index is 14.1. The first-order valence-electron chi connectivity index (χ1n) is 7.49. The molecule has 7 heteroatoms. The van der Waals surface area contributed by atoms with Gasteiger partial charge in [-0.25, -0.2) is 9.18 Å². The summed E-state index contributed by atoms with van der Waals surface area (Å²) in [6.07, 6.45) is 1.25. The van der Waals surface area contributed by atoms with Gasteiger partial charge in [-0.05, 0) is 30.0 Å². The first-order valence-corrected chi connectivity index (χ1v) is 7.49. The highest BCUT2D eigenvalue weighted by molar-refractivity contribution is 5.99. The maximum atomic E-state index is 14.1. The van der Waals surface area contributed by atoms with Crippen molar-refractivity contribution in [3.05, 3.63) is 29.1 Å². The lowest BCUT2D eigenvalue weighted by Crippen LogP contribution is -2.45. The van der Waals surface area contributed by atoms with Crippen LogP contribution in [-0.4, -0.2) is 28.9 Å². The van der Waals surface area contributed by atoms with Crippen molar-refractivity contribution in [3.8, 4) is 0 Å². The number of halogens is 1. The van der Waals surface area contributed by atoms with Gasteiger partial charge in [-0.1, -0.05) is 20.3 Å². The first-order chi connectivity index (χ1) is 10.8. The van der Waals surface area contributed by atoms with Crippen molar-refractivity contribution >= 4 is 23.5 Å². The highest BCUT2D eigenvalue weighted by atomic mass is 19.1. The molecule has 1 aromatic carbocycles. The topological polar surface area (TPSA) is 95.5 Å². The highest BCUT2D eigenvalue weighted by Gasteiger charge is 2.28. The summed E-state index contributed by atoms with van der Waals surface area (Å²) >= 11 is 0. The number of hydrogen-bond donors (Lipinski definition) is 3. The fraction of sp³-hybridized carbons (Fsp3) is 0.438. The Kier molecular flexibility index (Phi) is 4.98. The Balaban J connectivity index is 2.25. The number of amides is 2. The number of hydrogen-bond acceptors (Lipinski definition) is 3. The number of benzene rings is 1. The predicted molar refractivity (Wildman–Crippen MR) is 81.7 cm³/mol. The Hall–Kier alpha value is -2.44. The van der Waals surface area contributed by atoms with Gasteiger partial charge in [-0.2, -0.15) is 0 Å². The van der Waals surface area contributed by atoms with Crippen molar-refractivity contribution in [3.63, 3.8) is 0 Å². The summed E-state index contributed by atoms with van der Waals surface area (Å²) in [5.74, 6) is -3.20. The molecule has 0 radical (unpaired) electrons. The molecule has 0 bridgehead atoms. The molecule has 0 saturated heterocycles. The number of nitrogens with one attached hydrogen (secondary N) is 2. The fourth-order valence-electron chi connectivity index (χ4n) is 2.48. The molecule has 2 rings (SSSR count). The molecular weight excluding hydrogens is 303 g/mol. The van der Waals surface area contributed by atoms with Crippen LogP contribution >= 0.6 is 0 Å². The summed E-state index contributed by atoms with van der Waals surface area (Å²) < 4.78 is 14.1. The van der Waals surface area contributed by atoms with E-state index in [9.17, 15) is 23.9 Å². The normalized spacial score (nSPS) is 16.0. The molecule has 0 aliphatic carbocycles. The second-order valence-corrected chi connectivity index (χ2v) is 5.71. The van der Waals surface area contributed by atoms with E-state index in [4.69, 9.17) is 0 Å². The van der Waals surface area contributed by atoms with E-state index in [-0.39, 0.29) is 23.8 Å². The quantitative estimate of drug-likeness (QED) is 0.772. The molecule has 0 saturated carbocycles. The highest BCUT2D eigenvalue weighted by Crippen LogP contribution is 2.26. The summed E-state index contributed by atoms with van der Waals surface area (Å²) in [7, 11) is 0. The zero-order valence-corrected chi connectivity index (χ0v) is 13.0. The Morgan fingerprint density at radius 3 is 2.70 bits per heavy atom. The van der Waals surface area contributed by atoms with Crippen molar-refractivity contribution < 1.29 is 23.9 Å². The van der Waals surface area contributed by atoms with Crippen LogP contribution in [0.3, 0.4) is 0 Å².